The SMILES string of the molecule is COc1cc(CN[C@@H](CCC(N)=O)C(=O)OC(=O)c2ccc(-c3ccc(CO)cc3)cc2)cc(OC)c1OC. The highest BCUT2D eigenvalue weighted by Crippen LogP contribution is 2.38. The average molecular weight is 537 g/mol. The van der Waals surface area contributed by atoms with Crippen LogP contribution in [0, 0.1) is 0 Å². The van der Waals surface area contributed by atoms with Gasteiger partial charge >= 0.3 is 11.9 Å². The third kappa shape index (κ3) is 7.79. The van der Waals surface area contributed by atoms with E-state index in [-0.39, 0.29) is 31.6 Å². The second-order valence-corrected chi connectivity index (χ2v) is 8.61. The standard InChI is InChI=1S/C29H32N2O8/c1-36-24-14-19(15-25(37-2)27(24)38-3)16-31-23(12-13-26(30)33)29(35)39-28(34)22-10-8-21(9-11-22)20-6-4-18(17-32)5-7-20/h4-11,14-15,23,31-32H,12-13,16-17H2,1-3H3,(H2,30,33)/t23-/m0/s1. The molecule has 0 bridgehead atoms. The van der Waals surface area contributed by atoms with E-state index in [1.54, 1.807) is 36.4 Å². The van der Waals surface area contributed by atoms with E-state index in [1.165, 1.54) is 21.3 Å². The van der Waals surface area contributed by atoms with Crippen molar-refractivity contribution >= 4 is 17.8 Å². The first-order valence-electron chi connectivity index (χ1n) is 12.2. The Hall–Kier alpha value is -4.41. The summed E-state index contributed by atoms with van der Waals surface area (Å²) in [5.74, 6) is -0.942. The first-order chi connectivity index (χ1) is 18.8. The van der Waals surface area contributed by atoms with E-state index in [1.807, 2.05) is 24.3 Å². The second-order valence-electron chi connectivity index (χ2n) is 8.61. The molecule has 10 nitrogen and oxygen atoms in total. The fourth-order valence-corrected chi connectivity index (χ4v) is 3.89. The summed E-state index contributed by atoms with van der Waals surface area (Å²) < 4.78 is 21.2. The van der Waals surface area contributed by atoms with Crippen LogP contribution in [-0.2, 0) is 27.5 Å². The summed E-state index contributed by atoms with van der Waals surface area (Å²) in [6, 6.07) is 16.4. The van der Waals surface area contributed by atoms with Gasteiger partial charge in [0.1, 0.15) is 6.04 Å². The van der Waals surface area contributed by atoms with Crippen LogP contribution in [0.2, 0.25) is 0 Å². The molecule has 1 atom stereocenters. The smallest absolute Gasteiger partial charge is 0.345 e. The molecule has 0 aliphatic heterocycles. The van der Waals surface area contributed by atoms with Gasteiger partial charge in [0.2, 0.25) is 11.7 Å². The molecule has 0 heterocycles. The molecule has 0 fully saturated rings. The number of carbonyl (C=O) groups excluding carboxylic acids is 3. The van der Waals surface area contributed by atoms with Crippen molar-refractivity contribution in [3.05, 3.63) is 77.4 Å². The maximum atomic E-state index is 12.9. The van der Waals surface area contributed by atoms with Crippen LogP contribution in [0.25, 0.3) is 11.1 Å². The Morgan fingerprint density at radius 2 is 1.41 bits per heavy atom. The lowest BCUT2D eigenvalue weighted by molar-refractivity contribution is -0.140. The quantitative estimate of drug-likeness (QED) is 0.222. The molecule has 1 amide bonds. The maximum Gasteiger partial charge on any atom is 0.345 e. The molecule has 0 aliphatic rings. The van der Waals surface area contributed by atoms with Crippen LogP contribution in [-0.4, -0.2) is 50.3 Å². The molecule has 206 valence electrons. The molecule has 10 heteroatoms. The predicted molar refractivity (Wildman–Crippen MR) is 143 cm³/mol. The van der Waals surface area contributed by atoms with Crippen molar-refractivity contribution in [3.8, 4) is 28.4 Å². The lowest BCUT2D eigenvalue weighted by atomic mass is 10.0. The maximum absolute atomic E-state index is 12.9. The average Bonchev–Trinajstić information content (AvgIpc) is 2.96. The van der Waals surface area contributed by atoms with E-state index in [2.05, 4.69) is 5.32 Å². The van der Waals surface area contributed by atoms with Gasteiger partial charge in [0.15, 0.2) is 11.5 Å². The van der Waals surface area contributed by atoms with Crippen molar-refractivity contribution in [2.45, 2.75) is 32.0 Å². The van der Waals surface area contributed by atoms with Crippen LogP contribution in [0.5, 0.6) is 17.2 Å². The van der Waals surface area contributed by atoms with E-state index in [9.17, 15) is 19.5 Å². The number of methoxy groups -OCH3 is 3. The molecule has 4 N–H and O–H groups in total. The summed E-state index contributed by atoms with van der Waals surface area (Å²) in [5.41, 5.74) is 8.73. The zero-order chi connectivity index (χ0) is 28.4. The first-order valence-corrected chi connectivity index (χ1v) is 12.2. The minimum absolute atomic E-state index is 0.0364. The highest BCUT2D eigenvalue weighted by molar-refractivity contribution is 5.98. The predicted octanol–water partition coefficient (Wildman–Crippen LogP) is 2.98. The van der Waals surface area contributed by atoms with E-state index in [0.717, 1.165) is 16.7 Å². The largest absolute Gasteiger partial charge is 0.493 e. The molecule has 0 saturated heterocycles. The van der Waals surface area contributed by atoms with E-state index in [0.29, 0.717) is 22.8 Å². The molecular weight excluding hydrogens is 504 g/mol. The zero-order valence-corrected chi connectivity index (χ0v) is 22.1. The molecule has 3 aromatic carbocycles. The molecule has 3 aromatic rings. The number of amides is 1. The number of nitrogens with one attached hydrogen (secondary N) is 1. The molecule has 0 spiro atoms. The van der Waals surface area contributed by atoms with Gasteiger partial charge in [-0.05, 0) is 52.9 Å². The fourth-order valence-electron chi connectivity index (χ4n) is 3.89. The Morgan fingerprint density at radius 3 is 1.90 bits per heavy atom. The number of aliphatic hydroxyl groups is 1. The molecule has 0 saturated carbocycles. The van der Waals surface area contributed by atoms with Gasteiger partial charge in [-0.25, -0.2) is 9.59 Å². The van der Waals surface area contributed by atoms with Crippen LogP contribution in [0.3, 0.4) is 0 Å². The molecule has 0 radical (unpaired) electrons. The zero-order valence-electron chi connectivity index (χ0n) is 22.1. The number of rotatable bonds is 13. The number of carbonyl (C=O) groups is 3. The monoisotopic (exact) mass is 536 g/mol. The third-order valence-corrected chi connectivity index (χ3v) is 6.02. The molecule has 3 rings (SSSR count). The van der Waals surface area contributed by atoms with Gasteiger partial charge < -0.3 is 35.1 Å². The van der Waals surface area contributed by atoms with Crippen LogP contribution >= 0.6 is 0 Å². The normalized spacial score (nSPS) is 11.4. The van der Waals surface area contributed by atoms with Gasteiger partial charge in [-0.1, -0.05) is 36.4 Å². The third-order valence-electron chi connectivity index (χ3n) is 6.02. The fraction of sp³-hybridized carbons (Fsp3) is 0.276. The Bertz CT molecular complexity index is 1260. The van der Waals surface area contributed by atoms with Crippen LogP contribution in [0.15, 0.2) is 60.7 Å². The number of primary amides is 1. The number of benzene rings is 3. The summed E-state index contributed by atoms with van der Waals surface area (Å²) in [5, 5.41) is 12.2. The van der Waals surface area contributed by atoms with Crippen LogP contribution in [0.1, 0.15) is 34.3 Å². The van der Waals surface area contributed by atoms with Gasteiger partial charge in [-0.2, -0.15) is 0 Å². The van der Waals surface area contributed by atoms with Crippen LogP contribution in [0.4, 0.5) is 0 Å². The van der Waals surface area contributed by atoms with Crippen molar-refractivity contribution in [1.82, 2.24) is 5.32 Å². The summed E-state index contributed by atoms with van der Waals surface area (Å²) in [4.78, 5) is 37.0. The minimum Gasteiger partial charge on any atom is -0.493 e. The molecular formula is C29H32N2O8. The van der Waals surface area contributed by atoms with Gasteiger partial charge in [0, 0.05) is 13.0 Å². The summed E-state index contributed by atoms with van der Waals surface area (Å²) >= 11 is 0. The topological polar surface area (TPSA) is 146 Å². The Morgan fingerprint density at radius 1 is 0.846 bits per heavy atom. The molecule has 0 aromatic heterocycles. The second kappa shape index (κ2) is 13.9. The first kappa shape index (κ1) is 29.2. The Labute approximate surface area is 226 Å². The number of hydrogen-bond acceptors (Lipinski definition) is 9. The van der Waals surface area contributed by atoms with Gasteiger partial charge in [-0.3, -0.25) is 4.79 Å². The van der Waals surface area contributed by atoms with Crippen LogP contribution < -0.4 is 25.3 Å². The van der Waals surface area contributed by atoms with Crippen molar-refractivity contribution in [2.24, 2.45) is 5.73 Å². The highest BCUT2D eigenvalue weighted by Gasteiger charge is 2.24. The number of esters is 2. The minimum atomic E-state index is -0.982. The number of hydrogen-bond donors (Lipinski definition) is 3. The lowest BCUT2D eigenvalue weighted by Gasteiger charge is -2.18. The summed E-state index contributed by atoms with van der Waals surface area (Å²) in [7, 11) is 4.48. The number of nitrogens with two attached hydrogens (primary N) is 1. The molecule has 39 heavy (non-hydrogen) atoms. The van der Waals surface area contributed by atoms with Crippen molar-refractivity contribution in [1.29, 1.82) is 0 Å². The lowest BCUT2D eigenvalue weighted by Crippen LogP contribution is -2.39. The van der Waals surface area contributed by atoms with Crippen molar-refractivity contribution < 1.29 is 38.4 Å². The molecule has 0 unspecified atom stereocenters. The highest BCUT2D eigenvalue weighted by atomic mass is 16.6. The van der Waals surface area contributed by atoms with Gasteiger partial charge in [0.05, 0.1) is 33.5 Å². The Kier molecular flexibility index (Phi) is 10.4. The van der Waals surface area contributed by atoms with Gasteiger partial charge in [0.25, 0.3) is 0 Å². The van der Waals surface area contributed by atoms with E-state index in [4.69, 9.17) is 24.7 Å². The summed E-state index contributed by atoms with van der Waals surface area (Å²) in [6.07, 6.45) is -0.0470. The number of ether oxygens (including phenoxy) is 4. The number of aliphatic hydroxyl groups excluding tert-OH is 1. The van der Waals surface area contributed by atoms with Crippen molar-refractivity contribution in [2.75, 3.05) is 21.3 Å². The summed E-state index contributed by atoms with van der Waals surface area (Å²) in [6.45, 7) is 0.129. The van der Waals surface area contributed by atoms with Gasteiger partial charge in [-0.15, -0.1) is 0 Å². The van der Waals surface area contributed by atoms with E-state index >= 15 is 0 Å². The van der Waals surface area contributed by atoms with E-state index < -0.39 is 23.9 Å². The molecule has 0 aliphatic carbocycles. The van der Waals surface area contributed by atoms with Crippen molar-refractivity contribution in [3.63, 3.8) is 0 Å². The Balaban J connectivity index is 1.70.